The van der Waals surface area contributed by atoms with Crippen molar-refractivity contribution in [1.82, 2.24) is 10.2 Å². The summed E-state index contributed by atoms with van der Waals surface area (Å²) in [5, 5.41) is 1.76. The van der Waals surface area contributed by atoms with E-state index in [2.05, 4.69) is 17.0 Å². The molecule has 1 fully saturated rings. The summed E-state index contributed by atoms with van der Waals surface area (Å²) in [4.78, 5) is 27.1. The van der Waals surface area contributed by atoms with E-state index >= 15 is 0 Å². The van der Waals surface area contributed by atoms with Crippen LogP contribution in [0.1, 0.15) is 30.9 Å². The van der Waals surface area contributed by atoms with Gasteiger partial charge >= 0.3 is 6.18 Å². The number of hydrogen-bond acceptors (Lipinski definition) is 3. The molecule has 0 atom stereocenters. The number of carbonyl (C=O) groups is 2. The van der Waals surface area contributed by atoms with Gasteiger partial charge in [0.2, 0.25) is 12.3 Å². The van der Waals surface area contributed by atoms with Gasteiger partial charge in [-0.3, -0.25) is 14.5 Å². The maximum Gasteiger partial charge on any atom is 0.405 e. The molecular formula is C24H27F4N3O2. The third-order valence-corrected chi connectivity index (χ3v) is 6.05. The van der Waals surface area contributed by atoms with Gasteiger partial charge < -0.3 is 10.2 Å². The zero-order chi connectivity index (χ0) is 24.1. The van der Waals surface area contributed by atoms with Crippen LogP contribution in [-0.2, 0) is 21.5 Å². The molecule has 5 nitrogen and oxygen atoms in total. The summed E-state index contributed by atoms with van der Waals surface area (Å²) in [6, 6.07) is 14.0. The largest absolute Gasteiger partial charge is 0.405 e. The Morgan fingerprint density at radius 1 is 1.15 bits per heavy atom. The van der Waals surface area contributed by atoms with E-state index in [-0.39, 0.29) is 0 Å². The lowest BCUT2D eigenvalue weighted by Gasteiger charge is -2.41. The lowest BCUT2D eigenvalue weighted by Crippen LogP contribution is -2.43. The molecule has 0 radical (unpaired) electrons. The van der Waals surface area contributed by atoms with E-state index < -0.39 is 36.4 Å². The Balaban J connectivity index is 1.74. The first-order valence-corrected chi connectivity index (χ1v) is 10.7. The second kappa shape index (κ2) is 10.3. The average molecular weight is 465 g/mol. The highest BCUT2D eigenvalue weighted by Crippen LogP contribution is 2.40. The molecular weight excluding hydrogens is 438 g/mol. The summed E-state index contributed by atoms with van der Waals surface area (Å²) >= 11 is 0. The number of anilines is 1. The van der Waals surface area contributed by atoms with E-state index in [9.17, 15) is 27.2 Å². The highest BCUT2D eigenvalue weighted by atomic mass is 19.4. The van der Waals surface area contributed by atoms with Gasteiger partial charge in [-0.1, -0.05) is 37.3 Å². The van der Waals surface area contributed by atoms with E-state index in [0.29, 0.717) is 30.5 Å². The van der Waals surface area contributed by atoms with Crippen molar-refractivity contribution in [1.29, 1.82) is 0 Å². The second-order valence-electron chi connectivity index (χ2n) is 8.61. The number of likely N-dealkylation sites (tertiary alicyclic amines) is 1. The number of piperidine rings is 1. The van der Waals surface area contributed by atoms with Gasteiger partial charge in [0, 0.05) is 12.2 Å². The molecule has 1 aliphatic heterocycles. The van der Waals surface area contributed by atoms with E-state index in [4.69, 9.17) is 0 Å². The highest BCUT2D eigenvalue weighted by molar-refractivity contribution is 5.89. The number of rotatable bonds is 8. The van der Waals surface area contributed by atoms with Crippen LogP contribution in [0.4, 0.5) is 23.2 Å². The van der Waals surface area contributed by atoms with Crippen molar-refractivity contribution in [3.05, 3.63) is 65.5 Å². The number of benzene rings is 2. The van der Waals surface area contributed by atoms with E-state index in [1.165, 1.54) is 23.8 Å². The van der Waals surface area contributed by atoms with Gasteiger partial charge in [-0.25, -0.2) is 4.39 Å². The van der Waals surface area contributed by atoms with E-state index in [0.717, 1.165) is 24.5 Å². The quantitative estimate of drug-likeness (QED) is 0.473. The van der Waals surface area contributed by atoms with Crippen LogP contribution in [-0.4, -0.2) is 49.6 Å². The Morgan fingerprint density at radius 3 is 2.42 bits per heavy atom. The monoisotopic (exact) mass is 465 g/mol. The first kappa shape index (κ1) is 24.7. The molecule has 0 unspecified atom stereocenters. The normalized spacial score (nSPS) is 16.3. The number of alkyl halides is 3. The van der Waals surface area contributed by atoms with E-state index in [1.807, 2.05) is 25.1 Å². The van der Waals surface area contributed by atoms with Crippen LogP contribution in [0, 0.1) is 5.82 Å². The van der Waals surface area contributed by atoms with Crippen LogP contribution in [0.25, 0.3) is 0 Å². The van der Waals surface area contributed by atoms with Crippen molar-refractivity contribution < 1.29 is 27.2 Å². The maximum atomic E-state index is 14.2. The molecule has 1 saturated heterocycles. The molecule has 2 aromatic carbocycles. The minimum absolute atomic E-state index is 0.326. The van der Waals surface area contributed by atoms with Crippen LogP contribution in [0.2, 0.25) is 0 Å². The zero-order valence-electron chi connectivity index (χ0n) is 18.4. The van der Waals surface area contributed by atoms with Crippen molar-refractivity contribution in [2.24, 2.45) is 0 Å². The third-order valence-electron chi connectivity index (χ3n) is 6.05. The molecule has 2 amide bonds. The van der Waals surface area contributed by atoms with Gasteiger partial charge in [-0.15, -0.1) is 0 Å². The highest BCUT2D eigenvalue weighted by Gasteiger charge is 2.35. The number of hydrogen-bond donors (Lipinski definition) is 1. The molecule has 1 aliphatic rings. The summed E-state index contributed by atoms with van der Waals surface area (Å²) in [6.07, 6.45) is -2.77. The third kappa shape index (κ3) is 6.77. The topological polar surface area (TPSA) is 52.7 Å². The second-order valence-corrected chi connectivity index (χ2v) is 8.61. The van der Waals surface area contributed by atoms with Crippen LogP contribution in [0.3, 0.4) is 0 Å². The number of amides is 2. The first-order valence-electron chi connectivity index (χ1n) is 10.7. The molecule has 0 aromatic heterocycles. The molecule has 0 spiro atoms. The summed E-state index contributed by atoms with van der Waals surface area (Å²) in [5.41, 5.74) is 1.63. The number of nitrogens with zero attached hydrogens (tertiary/aromatic N) is 2. The number of nitrogens with one attached hydrogen (secondary N) is 1. The standard InChI is InChI=1S/C24H27F4N3O2/c1-23(9-11-30(12-10-23)14-18-5-3-2-4-6-18)20-13-19(25)7-8-21(20)31(17-32)15-22(33)29-16-24(26,27)28/h2-8,13,17H,9-12,14-16H2,1H3,(H,29,33). The molecule has 0 aliphatic carbocycles. The lowest BCUT2D eigenvalue weighted by molar-refractivity contribution is -0.137. The van der Waals surface area contributed by atoms with E-state index in [1.54, 1.807) is 5.32 Å². The van der Waals surface area contributed by atoms with Gasteiger partial charge in [0.05, 0.1) is 0 Å². The average Bonchev–Trinajstić information content (AvgIpc) is 2.78. The van der Waals surface area contributed by atoms with Crippen LogP contribution in [0.15, 0.2) is 48.5 Å². The van der Waals surface area contributed by atoms with Gasteiger partial charge in [0.25, 0.3) is 0 Å². The van der Waals surface area contributed by atoms with Crippen molar-refractivity contribution in [2.45, 2.75) is 37.9 Å². The van der Waals surface area contributed by atoms with Gasteiger partial charge in [-0.2, -0.15) is 13.2 Å². The molecule has 1 N–H and O–H groups in total. The van der Waals surface area contributed by atoms with Crippen LogP contribution < -0.4 is 10.2 Å². The van der Waals surface area contributed by atoms with Crippen molar-refractivity contribution >= 4 is 18.0 Å². The number of halogens is 4. The van der Waals surface area contributed by atoms with Crippen molar-refractivity contribution in [3.8, 4) is 0 Å². The molecule has 2 aromatic rings. The van der Waals surface area contributed by atoms with Crippen molar-refractivity contribution in [3.63, 3.8) is 0 Å². The lowest BCUT2D eigenvalue weighted by atomic mass is 9.73. The molecule has 1 heterocycles. The fourth-order valence-electron chi connectivity index (χ4n) is 4.15. The predicted molar refractivity (Wildman–Crippen MR) is 117 cm³/mol. The summed E-state index contributed by atoms with van der Waals surface area (Å²) in [5.74, 6) is -1.42. The minimum atomic E-state index is -4.55. The predicted octanol–water partition coefficient (Wildman–Crippen LogP) is 4.02. The molecule has 178 valence electrons. The Kier molecular flexibility index (Phi) is 7.73. The molecule has 3 rings (SSSR count). The molecule has 0 bridgehead atoms. The van der Waals surface area contributed by atoms with Gasteiger partial charge in [0.15, 0.2) is 0 Å². The van der Waals surface area contributed by atoms with Gasteiger partial charge in [-0.05, 0) is 60.7 Å². The Hall–Kier alpha value is -2.94. The smallest absolute Gasteiger partial charge is 0.345 e. The van der Waals surface area contributed by atoms with Crippen LogP contribution in [0.5, 0.6) is 0 Å². The summed E-state index contributed by atoms with van der Waals surface area (Å²) in [6.45, 7) is 2.23. The first-order chi connectivity index (χ1) is 15.6. The Labute approximate surface area is 190 Å². The molecule has 33 heavy (non-hydrogen) atoms. The van der Waals surface area contributed by atoms with Crippen molar-refractivity contribution in [2.75, 3.05) is 31.1 Å². The fourth-order valence-corrected chi connectivity index (χ4v) is 4.15. The maximum absolute atomic E-state index is 14.2. The zero-order valence-corrected chi connectivity index (χ0v) is 18.4. The molecule has 9 heteroatoms. The fraction of sp³-hybridized carbons (Fsp3) is 0.417. The SMILES string of the molecule is CC1(c2cc(F)ccc2N(C=O)CC(=O)NCC(F)(F)F)CCN(Cc2ccccc2)CC1. The molecule has 0 saturated carbocycles. The summed E-state index contributed by atoms with van der Waals surface area (Å²) < 4.78 is 51.4. The Bertz CT molecular complexity index is 958. The van der Waals surface area contributed by atoms with Gasteiger partial charge in [0.1, 0.15) is 18.9 Å². The van der Waals surface area contributed by atoms with Crippen LogP contribution >= 0.6 is 0 Å². The minimum Gasteiger partial charge on any atom is -0.345 e. The number of carbonyl (C=O) groups excluding carboxylic acids is 2. The Morgan fingerprint density at radius 2 is 1.82 bits per heavy atom. The summed E-state index contributed by atoms with van der Waals surface area (Å²) in [7, 11) is 0.